The summed E-state index contributed by atoms with van der Waals surface area (Å²) in [6, 6.07) is 11.1. The fourth-order valence-electron chi connectivity index (χ4n) is 6.42. The molecule has 1 aliphatic heterocycles. The Hall–Kier alpha value is -4.30. The molecule has 1 aliphatic carbocycles. The summed E-state index contributed by atoms with van der Waals surface area (Å²) < 4.78 is 77.8. The number of aromatic nitrogens is 4. The van der Waals surface area contributed by atoms with E-state index in [1.165, 1.54) is 0 Å². The Kier molecular flexibility index (Phi) is 8.84. The first-order valence-electron chi connectivity index (χ1n) is 14.9. The van der Waals surface area contributed by atoms with Gasteiger partial charge in [0, 0.05) is 55.2 Å². The van der Waals surface area contributed by atoms with Crippen LogP contribution in [-0.4, -0.2) is 73.2 Å². The highest BCUT2D eigenvalue weighted by molar-refractivity contribution is 5.65. The number of alkyl halides is 3. The summed E-state index contributed by atoms with van der Waals surface area (Å²) in [5, 5.41) is 8.95. The van der Waals surface area contributed by atoms with Gasteiger partial charge in [-0.2, -0.15) is 13.2 Å². The summed E-state index contributed by atoms with van der Waals surface area (Å²) in [6.45, 7) is 1.26. The zero-order valence-electron chi connectivity index (χ0n) is 26.0. The third-order valence-corrected chi connectivity index (χ3v) is 8.79. The highest BCUT2D eigenvalue weighted by Crippen LogP contribution is 2.51. The number of halogens is 3. The van der Waals surface area contributed by atoms with E-state index in [4.69, 9.17) is 33.4 Å². The smallest absolute Gasteiger partial charge is 0.391 e. The van der Waals surface area contributed by atoms with E-state index in [9.17, 15) is 13.2 Å². The third-order valence-electron chi connectivity index (χ3n) is 8.79. The second-order valence-corrected chi connectivity index (χ2v) is 11.3. The first-order valence-corrected chi connectivity index (χ1v) is 14.9. The number of ether oxygens (including phenoxy) is 6. The summed E-state index contributed by atoms with van der Waals surface area (Å²) in [7, 11) is 6.33. The minimum atomic E-state index is -4.35. The molecule has 0 radical (unpaired) electrons. The summed E-state index contributed by atoms with van der Waals surface area (Å²) in [5.41, 5.74) is 2.05. The van der Waals surface area contributed by atoms with Crippen molar-refractivity contribution in [1.82, 2.24) is 19.6 Å². The average molecular weight is 644 g/mol. The fraction of sp³-hybridized carbons (Fsp3) is 0.469. The minimum Gasteiger partial charge on any atom is -0.497 e. The predicted molar refractivity (Wildman–Crippen MR) is 161 cm³/mol. The molecule has 0 amide bonds. The van der Waals surface area contributed by atoms with Crippen LogP contribution >= 0.6 is 0 Å². The molecule has 1 saturated heterocycles. The van der Waals surface area contributed by atoms with Crippen molar-refractivity contribution in [3.63, 3.8) is 0 Å². The Morgan fingerprint density at radius 3 is 2.04 bits per heavy atom. The van der Waals surface area contributed by atoms with Crippen LogP contribution in [-0.2, 0) is 22.6 Å². The first-order chi connectivity index (χ1) is 22.2. The van der Waals surface area contributed by atoms with Gasteiger partial charge in [-0.25, -0.2) is 4.98 Å². The molecule has 11 nitrogen and oxygen atoms in total. The van der Waals surface area contributed by atoms with Gasteiger partial charge in [-0.15, -0.1) is 10.2 Å². The maximum absolute atomic E-state index is 14.0. The van der Waals surface area contributed by atoms with Crippen LogP contribution in [0.5, 0.6) is 23.0 Å². The van der Waals surface area contributed by atoms with Crippen molar-refractivity contribution in [3.05, 3.63) is 65.7 Å². The van der Waals surface area contributed by atoms with Gasteiger partial charge in [-0.3, -0.25) is 4.40 Å². The average Bonchev–Trinajstić information content (AvgIpc) is 3.72. The molecule has 0 bridgehead atoms. The van der Waals surface area contributed by atoms with Crippen molar-refractivity contribution in [2.75, 3.05) is 46.6 Å². The van der Waals surface area contributed by atoms with Crippen molar-refractivity contribution in [2.24, 2.45) is 5.92 Å². The Balaban J connectivity index is 1.44. The number of fused-ring (bicyclic) bond motifs is 1. The van der Waals surface area contributed by atoms with Crippen LogP contribution in [0.1, 0.15) is 42.1 Å². The number of hydrogen-bond acceptors (Lipinski definition) is 10. The molecule has 1 saturated carbocycles. The van der Waals surface area contributed by atoms with Crippen LogP contribution < -0.4 is 23.8 Å². The van der Waals surface area contributed by atoms with E-state index in [0.29, 0.717) is 66.6 Å². The van der Waals surface area contributed by atoms with Crippen LogP contribution in [0.15, 0.2) is 48.8 Å². The van der Waals surface area contributed by atoms with E-state index >= 15 is 0 Å². The number of anilines is 1. The second kappa shape index (κ2) is 12.8. The van der Waals surface area contributed by atoms with Gasteiger partial charge in [0.25, 0.3) is 0 Å². The van der Waals surface area contributed by atoms with Crippen LogP contribution in [0.4, 0.5) is 19.0 Å². The Labute approximate surface area is 264 Å². The lowest BCUT2D eigenvalue weighted by atomic mass is 9.76. The number of hydrogen-bond donors (Lipinski definition) is 0. The van der Waals surface area contributed by atoms with Crippen LogP contribution in [0.25, 0.3) is 5.65 Å². The van der Waals surface area contributed by atoms with Crippen LogP contribution in [0, 0.1) is 5.92 Å². The monoisotopic (exact) mass is 643 g/mol. The number of rotatable bonds is 10. The zero-order chi connectivity index (χ0) is 32.5. The normalized spacial score (nSPS) is 19.4. The molecule has 3 heterocycles. The van der Waals surface area contributed by atoms with Gasteiger partial charge < -0.3 is 33.3 Å². The van der Waals surface area contributed by atoms with Gasteiger partial charge in [0.1, 0.15) is 28.8 Å². The molecule has 2 aromatic heterocycles. The molecule has 14 heteroatoms. The van der Waals surface area contributed by atoms with Crippen LogP contribution in [0.3, 0.4) is 0 Å². The molecule has 246 valence electrons. The quantitative estimate of drug-likeness (QED) is 0.219. The second-order valence-electron chi connectivity index (χ2n) is 11.3. The predicted octanol–water partition coefficient (Wildman–Crippen LogP) is 5.55. The molecule has 1 spiro atoms. The van der Waals surface area contributed by atoms with Gasteiger partial charge in [0.05, 0.1) is 53.5 Å². The summed E-state index contributed by atoms with van der Waals surface area (Å²) in [4.78, 5) is 6.70. The van der Waals surface area contributed by atoms with E-state index in [0.717, 1.165) is 11.1 Å². The summed E-state index contributed by atoms with van der Waals surface area (Å²) in [6.07, 6.45) is -1.30. The molecule has 2 unspecified atom stereocenters. The third kappa shape index (κ3) is 5.98. The van der Waals surface area contributed by atoms with E-state index in [2.05, 4.69) is 10.2 Å². The molecular formula is C32H36F3N5O6. The molecular weight excluding hydrogens is 607 g/mol. The minimum absolute atomic E-state index is 0.0787. The molecule has 2 atom stereocenters. The van der Waals surface area contributed by atoms with Gasteiger partial charge >= 0.3 is 6.18 Å². The SMILES string of the molecule is COc1ccc(CN(Cc2ccc(OC)cc2OC)c2nccn3c(C4CC(C(F)(F)F)CCC45OCCO5)nnc23)c(OC)c1. The van der Waals surface area contributed by atoms with Gasteiger partial charge in [0.2, 0.25) is 5.65 Å². The standard InChI is InChI=1S/C32H36F3N5O6/c1-41-23-7-5-20(26(16-23)43-3)18-39(19-21-6-8-24(42-2)17-27(21)44-4)29-30-38-37-28(40(30)12-11-36-29)25-15-22(32(33,34)35)9-10-31(25)45-13-14-46-31/h5-8,11-12,16-17,22,25H,9-10,13-15,18-19H2,1-4H3. The molecule has 4 aromatic rings. The highest BCUT2D eigenvalue weighted by Gasteiger charge is 2.55. The maximum atomic E-state index is 14.0. The Morgan fingerprint density at radius 2 is 1.50 bits per heavy atom. The van der Waals surface area contributed by atoms with Gasteiger partial charge in [0.15, 0.2) is 11.6 Å². The molecule has 46 heavy (non-hydrogen) atoms. The van der Waals surface area contributed by atoms with Gasteiger partial charge in [-0.05, 0) is 37.1 Å². The number of nitrogens with zero attached hydrogens (tertiary/aromatic N) is 5. The molecule has 0 N–H and O–H groups in total. The van der Waals surface area contributed by atoms with Crippen molar-refractivity contribution in [3.8, 4) is 23.0 Å². The maximum Gasteiger partial charge on any atom is 0.391 e. The molecule has 2 fully saturated rings. The summed E-state index contributed by atoms with van der Waals surface area (Å²) >= 11 is 0. The highest BCUT2D eigenvalue weighted by atomic mass is 19.4. The van der Waals surface area contributed by atoms with Crippen molar-refractivity contribution < 1.29 is 41.6 Å². The van der Waals surface area contributed by atoms with Crippen molar-refractivity contribution >= 4 is 11.5 Å². The Morgan fingerprint density at radius 1 is 0.891 bits per heavy atom. The largest absolute Gasteiger partial charge is 0.497 e. The lowest BCUT2D eigenvalue weighted by Crippen LogP contribution is -2.46. The fourth-order valence-corrected chi connectivity index (χ4v) is 6.42. The zero-order valence-corrected chi connectivity index (χ0v) is 26.0. The van der Waals surface area contributed by atoms with Crippen molar-refractivity contribution in [1.29, 1.82) is 0 Å². The Bertz CT molecular complexity index is 1620. The number of methoxy groups -OCH3 is 4. The first kappa shape index (κ1) is 31.7. The molecule has 6 rings (SSSR count). The van der Waals surface area contributed by atoms with E-state index in [1.54, 1.807) is 57.4 Å². The number of benzene rings is 2. The van der Waals surface area contributed by atoms with E-state index in [1.807, 2.05) is 29.2 Å². The summed E-state index contributed by atoms with van der Waals surface area (Å²) in [5.74, 6) is -0.205. The molecule has 2 aromatic carbocycles. The molecule has 2 aliphatic rings. The lowest BCUT2D eigenvalue weighted by Gasteiger charge is -2.41. The van der Waals surface area contributed by atoms with Crippen molar-refractivity contribution in [2.45, 2.75) is 50.2 Å². The van der Waals surface area contributed by atoms with Crippen LogP contribution in [0.2, 0.25) is 0 Å². The topological polar surface area (TPSA) is 102 Å². The van der Waals surface area contributed by atoms with E-state index < -0.39 is 23.8 Å². The van der Waals surface area contributed by atoms with Gasteiger partial charge in [-0.1, -0.05) is 0 Å². The van der Waals surface area contributed by atoms with E-state index in [-0.39, 0.29) is 19.3 Å². The lowest BCUT2D eigenvalue weighted by molar-refractivity contribution is -0.237.